The molecule has 1 saturated heterocycles. The minimum Gasteiger partial charge on any atom is -0.335 e. The van der Waals surface area contributed by atoms with Gasteiger partial charge in [-0.05, 0) is 25.5 Å². The summed E-state index contributed by atoms with van der Waals surface area (Å²) in [4.78, 5) is 15.9. The van der Waals surface area contributed by atoms with Crippen molar-refractivity contribution in [3.05, 3.63) is 65.2 Å². The van der Waals surface area contributed by atoms with Crippen molar-refractivity contribution in [1.82, 2.24) is 9.21 Å². The molecule has 6 nitrogen and oxygen atoms in total. The van der Waals surface area contributed by atoms with Gasteiger partial charge in [0.05, 0.1) is 11.9 Å². The first-order valence-corrected chi connectivity index (χ1v) is 11.4. The molecule has 1 aliphatic heterocycles. The van der Waals surface area contributed by atoms with Crippen LogP contribution in [0.25, 0.3) is 0 Å². The molecule has 7 heteroatoms. The monoisotopic (exact) mass is 416 g/mol. The van der Waals surface area contributed by atoms with E-state index in [0.29, 0.717) is 37.6 Å². The number of benzene rings is 2. The van der Waals surface area contributed by atoms with Crippen molar-refractivity contribution in [3.63, 3.8) is 0 Å². The number of rotatable bonds is 6. The fourth-order valence-electron chi connectivity index (χ4n) is 3.78. The number of quaternary nitrogens is 1. The van der Waals surface area contributed by atoms with Gasteiger partial charge in [-0.15, -0.1) is 0 Å². The molecule has 0 spiro atoms. The standard InChI is InChI=1S/C22H29N3O3S/c1-18-9-10-21(19(2)15-18)29(27,28)25-13-11-24(12-14-25)22(26)17-23(3)16-20-7-5-4-6-8-20/h4-10,15H,11-14,16-17H2,1-3H3/p+1. The Morgan fingerprint density at radius 3 is 2.28 bits per heavy atom. The third-order valence-corrected chi connectivity index (χ3v) is 7.40. The molecule has 0 saturated carbocycles. The van der Waals surface area contributed by atoms with E-state index >= 15 is 0 Å². The molecule has 1 unspecified atom stereocenters. The Labute approximate surface area is 173 Å². The Bertz CT molecular complexity index is 953. The van der Waals surface area contributed by atoms with E-state index in [2.05, 4.69) is 12.1 Å². The molecule has 1 heterocycles. The van der Waals surface area contributed by atoms with Gasteiger partial charge in [-0.2, -0.15) is 4.31 Å². The normalized spacial score (nSPS) is 16.6. The number of amides is 1. The van der Waals surface area contributed by atoms with Crippen LogP contribution in [-0.2, 0) is 21.4 Å². The highest BCUT2D eigenvalue weighted by molar-refractivity contribution is 7.89. The van der Waals surface area contributed by atoms with Gasteiger partial charge >= 0.3 is 0 Å². The summed E-state index contributed by atoms with van der Waals surface area (Å²) in [5.74, 6) is 0.0713. The van der Waals surface area contributed by atoms with Crippen LogP contribution in [0.4, 0.5) is 0 Å². The number of nitrogens with one attached hydrogen (secondary N) is 1. The number of hydrogen-bond donors (Lipinski definition) is 1. The van der Waals surface area contributed by atoms with Gasteiger partial charge in [-0.3, -0.25) is 4.79 Å². The fraction of sp³-hybridized carbons (Fsp3) is 0.409. The van der Waals surface area contributed by atoms with E-state index in [1.165, 1.54) is 9.87 Å². The summed E-state index contributed by atoms with van der Waals surface area (Å²) in [5, 5.41) is 0. The first-order chi connectivity index (χ1) is 13.8. The third-order valence-electron chi connectivity index (χ3n) is 5.34. The van der Waals surface area contributed by atoms with E-state index in [4.69, 9.17) is 0 Å². The molecule has 156 valence electrons. The van der Waals surface area contributed by atoms with Crippen molar-refractivity contribution < 1.29 is 18.1 Å². The van der Waals surface area contributed by atoms with Gasteiger partial charge in [0.25, 0.3) is 5.91 Å². The number of carbonyl (C=O) groups is 1. The Morgan fingerprint density at radius 1 is 1.00 bits per heavy atom. The predicted molar refractivity (Wildman–Crippen MR) is 113 cm³/mol. The van der Waals surface area contributed by atoms with E-state index in [0.717, 1.165) is 22.6 Å². The van der Waals surface area contributed by atoms with Crippen molar-refractivity contribution >= 4 is 15.9 Å². The lowest BCUT2D eigenvalue weighted by atomic mass is 10.2. The second-order valence-corrected chi connectivity index (χ2v) is 9.76. The van der Waals surface area contributed by atoms with Crippen LogP contribution in [-0.4, -0.2) is 63.3 Å². The number of aryl methyl sites for hydroxylation is 2. The molecular weight excluding hydrogens is 386 g/mol. The summed E-state index contributed by atoms with van der Waals surface area (Å²) in [6.07, 6.45) is 0. The lowest BCUT2D eigenvalue weighted by Crippen LogP contribution is -3.09. The molecular formula is C22H30N3O3S+. The van der Waals surface area contributed by atoms with Crippen molar-refractivity contribution in [3.8, 4) is 0 Å². The Kier molecular flexibility index (Phi) is 6.72. The number of likely N-dealkylation sites (N-methyl/N-ethyl adjacent to an activating group) is 1. The number of hydrogen-bond acceptors (Lipinski definition) is 3. The molecule has 2 aromatic rings. The zero-order valence-corrected chi connectivity index (χ0v) is 18.2. The zero-order chi connectivity index (χ0) is 21.0. The van der Waals surface area contributed by atoms with Crippen molar-refractivity contribution in [2.24, 2.45) is 0 Å². The molecule has 1 amide bonds. The second-order valence-electron chi connectivity index (χ2n) is 7.85. The molecule has 1 aliphatic rings. The van der Waals surface area contributed by atoms with Crippen molar-refractivity contribution in [2.45, 2.75) is 25.3 Å². The molecule has 1 fully saturated rings. The maximum absolute atomic E-state index is 13.0. The van der Waals surface area contributed by atoms with Crippen LogP contribution in [0.1, 0.15) is 16.7 Å². The summed E-state index contributed by atoms with van der Waals surface area (Å²) < 4.78 is 27.5. The molecule has 29 heavy (non-hydrogen) atoms. The Balaban J connectivity index is 1.56. The number of sulfonamides is 1. The molecule has 0 bridgehead atoms. The van der Waals surface area contributed by atoms with E-state index in [1.807, 2.05) is 51.2 Å². The first kappa shape index (κ1) is 21.5. The Hall–Kier alpha value is -2.22. The van der Waals surface area contributed by atoms with Gasteiger partial charge in [0.15, 0.2) is 6.54 Å². The van der Waals surface area contributed by atoms with E-state index in [-0.39, 0.29) is 5.91 Å². The van der Waals surface area contributed by atoms with Crippen LogP contribution in [0.5, 0.6) is 0 Å². The van der Waals surface area contributed by atoms with Crippen LogP contribution in [0.2, 0.25) is 0 Å². The molecule has 0 radical (unpaired) electrons. The van der Waals surface area contributed by atoms with Gasteiger partial charge in [0.1, 0.15) is 6.54 Å². The zero-order valence-electron chi connectivity index (χ0n) is 17.4. The highest BCUT2D eigenvalue weighted by atomic mass is 32.2. The SMILES string of the molecule is Cc1ccc(S(=O)(=O)N2CCN(C(=O)C[NH+](C)Cc3ccccc3)CC2)c(C)c1. The maximum Gasteiger partial charge on any atom is 0.277 e. The first-order valence-electron chi connectivity index (χ1n) is 9.98. The lowest BCUT2D eigenvalue weighted by Gasteiger charge is -2.34. The molecule has 1 atom stereocenters. The molecule has 0 aliphatic carbocycles. The minimum atomic E-state index is -3.53. The van der Waals surface area contributed by atoms with Crippen molar-refractivity contribution in [1.29, 1.82) is 0 Å². The smallest absolute Gasteiger partial charge is 0.277 e. The maximum atomic E-state index is 13.0. The molecule has 0 aromatic heterocycles. The topological polar surface area (TPSA) is 62.1 Å². The minimum absolute atomic E-state index is 0.0713. The quantitative estimate of drug-likeness (QED) is 0.760. The number of piperazine rings is 1. The van der Waals surface area contributed by atoms with Crippen LogP contribution in [0, 0.1) is 13.8 Å². The van der Waals surface area contributed by atoms with Gasteiger partial charge in [-0.25, -0.2) is 8.42 Å². The lowest BCUT2D eigenvalue weighted by molar-refractivity contribution is -0.885. The van der Waals surface area contributed by atoms with E-state index in [1.54, 1.807) is 11.0 Å². The van der Waals surface area contributed by atoms with E-state index < -0.39 is 10.0 Å². The van der Waals surface area contributed by atoms with E-state index in [9.17, 15) is 13.2 Å². The summed E-state index contributed by atoms with van der Waals surface area (Å²) in [7, 11) is -1.53. The van der Waals surface area contributed by atoms with Crippen LogP contribution >= 0.6 is 0 Å². The summed E-state index contributed by atoms with van der Waals surface area (Å²) in [6.45, 7) is 6.49. The highest BCUT2D eigenvalue weighted by Crippen LogP contribution is 2.22. The predicted octanol–water partition coefficient (Wildman–Crippen LogP) is 0.851. The average Bonchev–Trinajstić information content (AvgIpc) is 2.68. The number of carbonyl (C=O) groups excluding carboxylic acids is 1. The van der Waals surface area contributed by atoms with Crippen LogP contribution < -0.4 is 4.90 Å². The third kappa shape index (κ3) is 5.23. The molecule has 2 aromatic carbocycles. The second kappa shape index (κ2) is 9.07. The Morgan fingerprint density at radius 2 is 1.66 bits per heavy atom. The fourth-order valence-corrected chi connectivity index (χ4v) is 5.41. The summed E-state index contributed by atoms with van der Waals surface area (Å²) >= 11 is 0. The van der Waals surface area contributed by atoms with Gasteiger partial charge < -0.3 is 9.80 Å². The molecule has 3 rings (SSSR count). The highest BCUT2D eigenvalue weighted by Gasteiger charge is 2.31. The van der Waals surface area contributed by atoms with Gasteiger partial charge in [0, 0.05) is 31.7 Å². The van der Waals surface area contributed by atoms with Crippen LogP contribution in [0.3, 0.4) is 0 Å². The van der Waals surface area contributed by atoms with Gasteiger partial charge in [-0.1, -0.05) is 48.0 Å². The van der Waals surface area contributed by atoms with Crippen LogP contribution in [0.15, 0.2) is 53.4 Å². The summed E-state index contributed by atoms with van der Waals surface area (Å²) in [5.41, 5.74) is 3.00. The summed E-state index contributed by atoms with van der Waals surface area (Å²) in [6, 6.07) is 15.5. The van der Waals surface area contributed by atoms with Gasteiger partial charge in [0.2, 0.25) is 10.0 Å². The average molecular weight is 417 g/mol. The van der Waals surface area contributed by atoms with Crippen molar-refractivity contribution in [2.75, 3.05) is 39.8 Å². The number of nitrogens with zero attached hydrogens (tertiary/aromatic N) is 2. The largest absolute Gasteiger partial charge is 0.335 e. The molecule has 1 N–H and O–H groups in total.